The molecule has 0 spiro atoms. The summed E-state index contributed by atoms with van der Waals surface area (Å²) in [7, 11) is 0. The molecule has 22 heavy (non-hydrogen) atoms. The first kappa shape index (κ1) is 13.7. The second-order valence-electron chi connectivity index (χ2n) is 5.32. The van der Waals surface area contributed by atoms with Crippen LogP contribution in [0.1, 0.15) is 20.6 Å². The Bertz CT molecular complexity index is 946. The number of para-hydroxylation sites is 1. The first-order valence-electron chi connectivity index (χ1n) is 7.14. The predicted molar refractivity (Wildman–Crippen MR) is 93.8 cm³/mol. The van der Waals surface area contributed by atoms with Gasteiger partial charge in [0.1, 0.15) is 5.01 Å². The number of hydrogen-bond donors (Lipinski definition) is 1. The maximum atomic E-state index is 4.87. The molecule has 3 heterocycles. The number of fused-ring (bicyclic) bond motifs is 1. The molecular formula is C17H15N3S2. The first-order chi connectivity index (χ1) is 10.7. The Hall–Kier alpha value is -1.98. The number of aromatic nitrogens is 3. The lowest BCUT2D eigenvalue weighted by Crippen LogP contribution is -1.87. The maximum Gasteiger partial charge on any atom is 0.100 e. The van der Waals surface area contributed by atoms with Gasteiger partial charge in [0.15, 0.2) is 0 Å². The van der Waals surface area contributed by atoms with E-state index in [4.69, 9.17) is 4.98 Å². The normalized spacial score (nSPS) is 11.4. The quantitative estimate of drug-likeness (QED) is 0.578. The van der Waals surface area contributed by atoms with Gasteiger partial charge in [0.05, 0.1) is 17.1 Å². The van der Waals surface area contributed by atoms with Gasteiger partial charge in [0, 0.05) is 38.6 Å². The molecule has 0 fully saturated rings. The molecule has 0 saturated carbocycles. The number of benzene rings is 1. The summed E-state index contributed by atoms with van der Waals surface area (Å²) in [5.41, 5.74) is 4.52. The summed E-state index contributed by atoms with van der Waals surface area (Å²) in [6.07, 6.45) is 2.89. The van der Waals surface area contributed by atoms with Crippen LogP contribution in [0.3, 0.4) is 0 Å². The molecule has 1 N–H and O–H groups in total. The van der Waals surface area contributed by atoms with Crippen molar-refractivity contribution in [1.82, 2.24) is 15.0 Å². The third-order valence-electron chi connectivity index (χ3n) is 3.65. The highest BCUT2D eigenvalue weighted by molar-refractivity contribution is 7.12. The highest BCUT2D eigenvalue weighted by atomic mass is 32.1. The molecule has 0 radical (unpaired) electrons. The van der Waals surface area contributed by atoms with E-state index < -0.39 is 0 Å². The van der Waals surface area contributed by atoms with E-state index in [2.05, 4.69) is 46.7 Å². The van der Waals surface area contributed by atoms with Crippen LogP contribution in [-0.4, -0.2) is 15.0 Å². The van der Waals surface area contributed by atoms with Crippen LogP contribution < -0.4 is 0 Å². The van der Waals surface area contributed by atoms with Gasteiger partial charge < -0.3 is 4.98 Å². The summed E-state index contributed by atoms with van der Waals surface area (Å²) in [5, 5.41) is 5.59. The molecular weight excluding hydrogens is 310 g/mol. The van der Waals surface area contributed by atoms with Crippen LogP contribution in [0.25, 0.3) is 22.2 Å². The number of nitrogens with one attached hydrogen (secondary N) is 1. The Morgan fingerprint density at radius 1 is 1.09 bits per heavy atom. The number of aromatic amines is 1. The fraction of sp³-hybridized carbons (Fsp3) is 0.176. The average molecular weight is 325 g/mol. The van der Waals surface area contributed by atoms with Crippen molar-refractivity contribution in [3.8, 4) is 11.3 Å². The van der Waals surface area contributed by atoms with Gasteiger partial charge in [-0.3, -0.25) is 0 Å². The van der Waals surface area contributed by atoms with E-state index in [1.165, 1.54) is 15.8 Å². The summed E-state index contributed by atoms with van der Waals surface area (Å²) < 4.78 is 0. The Morgan fingerprint density at radius 2 is 1.95 bits per heavy atom. The molecule has 3 aromatic heterocycles. The van der Waals surface area contributed by atoms with E-state index >= 15 is 0 Å². The van der Waals surface area contributed by atoms with Gasteiger partial charge in [0.2, 0.25) is 0 Å². The van der Waals surface area contributed by atoms with Crippen molar-refractivity contribution in [2.45, 2.75) is 20.3 Å². The zero-order valence-corrected chi connectivity index (χ0v) is 14.0. The average Bonchev–Trinajstić information content (AvgIpc) is 3.18. The first-order valence-corrected chi connectivity index (χ1v) is 8.84. The van der Waals surface area contributed by atoms with Gasteiger partial charge in [-0.05, 0) is 19.9 Å². The molecule has 1 aromatic carbocycles. The summed E-state index contributed by atoms with van der Waals surface area (Å²) in [6.45, 7) is 4.18. The van der Waals surface area contributed by atoms with E-state index in [1.54, 1.807) is 22.7 Å². The van der Waals surface area contributed by atoms with Gasteiger partial charge in [0.25, 0.3) is 0 Å². The van der Waals surface area contributed by atoms with Crippen LogP contribution in [0.5, 0.6) is 0 Å². The van der Waals surface area contributed by atoms with Crippen molar-refractivity contribution in [2.24, 2.45) is 0 Å². The van der Waals surface area contributed by atoms with Gasteiger partial charge >= 0.3 is 0 Å². The molecule has 0 saturated heterocycles. The Kier molecular flexibility index (Phi) is 3.32. The Balaban J connectivity index is 1.73. The molecule has 3 nitrogen and oxygen atoms in total. The zero-order valence-electron chi connectivity index (χ0n) is 12.4. The number of nitrogens with zero attached hydrogens (tertiary/aromatic N) is 2. The highest BCUT2D eigenvalue weighted by Gasteiger charge is 2.14. The van der Waals surface area contributed by atoms with Crippen molar-refractivity contribution in [1.29, 1.82) is 0 Å². The lowest BCUT2D eigenvalue weighted by molar-refractivity contribution is 1.08. The van der Waals surface area contributed by atoms with Crippen molar-refractivity contribution in [3.63, 3.8) is 0 Å². The van der Waals surface area contributed by atoms with Gasteiger partial charge in [-0.25, -0.2) is 9.97 Å². The van der Waals surface area contributed by atoms with Crippen molar-refractivity contribution < 1.29 is 0 Å². The van der Waals surface area contributed by atoms with E-state index in [1.807, 2.05) is 13.0 Å². The lowest BCUT2D eigenvalue weighted by atomic mass is 10.1. The molecule has 5 heteroatoms. The lowest BCUT2D eigenvalue weighted by Gasteiger charge is -1.96. The van der Waals surface area contributed by atoms with Gasteiger partial charge in [-0.1, -0.05) is 18.2 Å². The molecule has 0 aliphatic carbocycles. The number of hydrogen-bond acceptors (Lipinski definition) is 4. The third kappa shape index (κ3) is 2.36. The van der Waals surface area contributed by atoms with Crippen LogP contribution >= 0.6 is 22.7 Å². The summed E-state index contributed by atoms with van der Waals surface area (Å²) >= 11 is 3.48. The molecule has 0 aliphatic rings. The molecule has 0 aliphatic heterocycles. The van der Waals surface area contributed by atoms with Crippen molar-refractivity contribution in [2.75, 3.05) is 0 Å². The molecule has 0 bridgehead atoms. The van der Waals surface area contributed by atoms with Crippen LogP contribution in [0.2, 0.25) is 0 Å². The van der Waals surface area contributed by atoms with E-state index in [9.17, 15) is 0 Å². The topological polar surface area (TPSA) is 41.6 Å². The molecule has 0 atom stereocenters. The molecule has 4 rings (SSSR count). The van der Waals surface area contributed by atoms with Crippen molar-refractivity contribution in [3.05, 3.63) is 56.4 Å². The van der Waals surface area contributed by atoms with Crippen LogP contribution in [0.15, 0.2) is 35.8 Å². The minimum Gasteiger partial charge on any atom is -0.360 e. The van der Waals surface area contributed by atoms with Gasteiger partial charge in [-0.2, -0.15) is 0 Å². The summed E-state index contributed by atoms with van der Waals surface area (Å²) in [6, 6.07) is 8.36. The predicted octanol–water partition coefficient (Wildman–Crippen LogP) is 4.96. The van der Waals surface area contributed by atoms with Crippen LogP contribution in [-0.2, 0) is 6.42 Å². The van der Waals surface area contributed by atoms with E-state index in [0.717, 1.165) is 33.3 Å². The number of H-pyrrole nitrogens is 1. The monoisotopic (exact) mass is 325 g/mol. The molecule has 0 unspecified atom stereocenters. The van der Waals surface area contributed by atoms with Crippen LogP contribution in [0.4, 0.5) is 0 Å². The second kappa shape index (κ2) is 5.34. The molecule has 110 valence electrons. The van der Waals surface area contributed by atoms with E-state index in [-0.39, 0.29) is 0 Å². The zero-order chi connectivity index (χ0) is 15.1. The second-order valence-corrected chi connectivity index (χ2v) is 7.55. The molecule has 0 amide bonds. The minimum absolute atomic E-state index is 0.826. The number of rotatable bonds is 3. The van der Waals surface area contributed by atoms with Gasteiger partial charge in [-0.15, -0.1) is 22.7 Å². The molecule has 4 aromatic rings. The maximum absolute atomic E-state index is 4.87. The summed E-state index contributed by atoms with van der Waals surface area (Å²) in [4.78, 5) is 14.0. The number of thiazole rings is 2. The highest BCUT2D eigenvalue weighted by Crippen LogP contribution is 2.33. The number of aryl methyl sites for hydroxylation is 2. The fourth-order valence-corrected chi connectivity index (χ4v) is 4.48. The van der Waals surface area contributed by atoms with E-state index in [0.29, 0.717) is 0 Å². The fourth-order valence-electron chi connectivity index (χ4n) is 2.66. The van der Waals surface area contributed by atoms with Crippen molar-refractivity contribution >= 4 is 33.6 Å². The van der Waals surface area contributed by atoms with Crippen LogP contribution in [0, 0.1) is 13.8 Å². The third-order valence-corrected chi connectivity index (χ3v) is 5.59. The largest absolute Gasteiger partial charge is 0.360 e. The summed E-state index contributed by atoms with van der Waals surface area (Å²) in [5.74, 6) is 0. The Labute approximate surface area is 136 Å². The Morgan fingerprint density at radius 3 is 2.77 bits per heavy atom. The SMILES string of the molecule is Cc1csc(Cc2nc(-c3c[nH]c4ccccc34)c(C)s2)n1. The minimum atomic E-state index is 0.826. The standard InChI is InChI=1S/C17H15N3S2/c1-10-9-21-15(19-10)7-16-20-17(11(2)22-16)13-8-18-14-6-4-3-5-12(13)14/h3-6,8-9,18H,7H2,1-2H3. The smallest absolute Gasteiger partial charge is 0.100 e.